The Labute approximate surface area is 130 Å². The van der Waals surface area contributed by atoms with Gasteiger partial charge in [0, 0.05) is 12.2 Å². The van der Waals surface area contributed by atoms with Crippen LogP contribution in [0.15, 0.2) is 48.5 Å². The van der Waals surface area contributed by atoms with Gasteiger partial charge in [0.2, 0.25) is 0 Å². The molecular weight excluding hydrogens is 284 g/mol. The third-order valence-electron chi connectivity index (χ3n) is 3.26. The zero-order valence-electron chi connectivity index (χ0n) is 11.8. The Morgan fingerprint density at radius 1 is 1.24 bits per heavy atom. The van der Waals surface area contributed by atoms with Crippen LogP contribution >= 0.6 is 11.6 Å². The van der Waals surface area contributed by atoms with Crippen LogP contribution in [0.3, 0.4) is 0 Å². The molecule has 0 aliphatic rings. The Morgan fingerprint density at radius 2 is 1.95 bits per heavy atom. The van der Waals surface area contributed by atoms with Crippen molar-refractivity contribution in [3.05, 3.63) is 59.1 Å². The molecule has 0 unspecified atom stereocenters. The molecule has 0 saturated carbocycles. The van der Waals surface area contributed by atoms with E-state index in [1.165, 1.54) is 0 Å². The number of para-hydroxylation sites is 1. The van der Waals surface area contributed by atoms with Crippen LogP contribution in [0.1, 0.15) is 25.0 Å². The van der Waals surface area contributed by atoms with E-state index in [1.807, 2.05) is 47.4 Å². The average Bonchev–Trinajstić information content (AvgIpc) is 2.50. The zero-order chi connectivity index (χ0) is 15.2. The maximum absolute atomic E-state index is 9.62. The van der Waals surface area contributed by atoms with Crippen molar-refractivity contribution < 1.29 is 5.11 Å². The van der Waals surface area contributed by atoms with E-state index in [2.05, 4.69) is 6.07 Å². The SMILES string of the molecule is C[C@@H](O)c1ccc(N(CCC#N)c2ccccc2)c(Cl)c1. The summed E-state index contributed by atoms with van der Waals surface area (Å²) in [6.07, 6.45) is -0.149. The van der Waals surface area contributed by atoms with Gasteiger partial charge in [-0.3, -0.25) is 0 Å². The normalized spacial score (nSPS) is 11.7. The predicted octanol–water partition coefficient (Wildman–Crippen LogP) is 4.45. The first-order valence-corrected chi connectivity index (χ1v) is 7.18. The molecule has 2 aromatic carbocycles. The predicted molar refractivity (Wildman–Crippen MR) is 85.8 cm³/mol. The molecule has 0 saturated heterocycles. The molecule has 108 valence electrons. The Balaban J connectivity index is 2.40. The number of aliphatic hydroxyl groups is 1. The van der Waals surface area contributed by atoms with Crippen LogP contribution in [0.4, 0.5) is 11.4 Å². The molecule has 0 aromatic heterocycles. The Hall–Kier alpha value is -2.02. The maximum atomic E-state index is 9.62. The van der Waals surface area contributed by atoms with E-state index in [4.69, 9.17) is 16.9 Å². The van der Waals surface area contributed by atoms with Gasteiger partial charge in [-0.1, -0.05) is 35.9 Å². The van der Waals surface area contributed by atoms with E-state index in [0.717, 1.165) is 16.9 Å². The Kier molecular flexibility index (Phi) is 5.21. The van der Waals surface area contributed by atoms with Crippen molar-refractivity contribution in [3.63, 3.8) is 0 Å². The summed E-state index contributed by atoms with van der Waals surface area (Å²) in [5, 5.41) is 19.0. The molecule has 0 spiro atoms. The smallest absolute Gasteiger partial charge is 0.0762 e. The van der Waals surface area contributed by atoms with Crippen molar-refractivity contribution in [1.82, 2.24) is 0 Å². The number of aliphatic hydroxyl groups excluding tert-OH is 1. The highest BCUT2D eigenvalue weighted by Gasteiger charge is 2.14. The lowest BCUT2D eigenvalue weighted by Gasteiger charge is -2.25. The number of halogens is 1. The van der Waals surface area contributed by atoms with E-state index < -0.39 is 6.10 Å². The van der Waals surface area contributed by atoms with Gasteiger partial charge in [-0.25, -0.2) is 0 Å². The number of anilines is 2. The molecule has 0 fully saturated rings. The standard InChI is InChI=1S/C17H17ClN2O/c1-13(21)14-8-9-17(16(18)12-14)20(11-5-10-19)15-6-3-2-4-7-15/h2-4,6-9,12-13,21H,5,11H2,1H3/t13-/m1/s1. The third kappa shape index (κ3) is 3.75. The van der Waals surface area contributed by atoms with Gasteiger partial charge in [-0.15, -0.1) is 0 Å². The van der Waals surface area contributed by atoms with E-state index in [1.54, 1.807) is 13.0 Å². The summed E-state index contributed by atoms with van der Waals surface area (Å²) in [5.41, 5.74) is 2.60. The highest BCUT2D eigenvalue weighted by atomic mass is 35.5. The van der Waals surface area contributed by atoms with Crippen molar-refractivity contribution in [2.45, 2.75) is 19.4 Å². The molecule has 2 rings (SSSR count). The molecular formula is C17H17ClN2O. The summed E-state index contributed by atoms with van der Waals surface area (Å²) in [7, 11) is 0. The molecule has 1 atom stereocenters. The highest BCUT2D eigenvalue weighted by molar-refractivity contribution is 6.33. The number of rotatable bonds is 5. The van der Waals surface area contributed by atoms with Crippen LogP contribution in [-0.4, -0.2) is 11.7 Å². The van der Waals surface area contributed by atoms with Gasteiger partial charge in [0.25, 0.3) is 0 Å². The van der Waals surface area contributed by atoms with Crippen molar-refractivity contribution in [2.75, 3.05) is 11.4 Å². The number of nitrogens with zero attached hydrogens (tertiary/aromatic N) is 2. The first kappa shape index (κ1) is 15.4. The summed E-state index contributed by atoms with van der Waals surface area (Å²) in [5.74, 6) is 0. The lowest BCUT2D eigenvalue weighted by Crippen LogP contribution is -2.18. The fourth-order valence-electron chi connectivity index (χ4n) is 2.16. The molecule has 4 heteroatoms. The summed E-state index contributed by atoms with van der Waals surface area (Å²) in [6, 6.07) is 17.5. The van der Waals surface area contributed by atoms with Gasteiger partial charge >= 0.3 is 0 Å². The molecule has 21 heavy (non-hydrogen) atoms. The fourth-order valence-corrected chi connectivity index (χ4v) is 2.45. The van der Waals surface area contributed by atoms with Crippen molar-refractivity contribution in [3.8, 4) is 6.07 Å². The molecule has 0 amide bonds. The molecule has 0 bridgehead atoms. The van der Waals surface area contributed by atoms with Crippen LogP contribution < -0.4 is 4.90 Å². The zero-order valence-corrected chi connectivity index (χ0v) is 12.6. The summed E-state index contributed by atoms with van der Waals surface area (Å²) in [4.78, 5) is 2.01. The minimum Gasteiger partial charge on any atom is -0.389 e. The molecule has 0 heterocycles. The Bertz CT molecular complexity index is 635. The quantitative estimate of drug-likeness (QED) is 0.887. The number of hydrogen-bond acceptors (Lipinski definition) is 3. The van der Waals surface area contributed by atoms with Gasteiger partial charge in [-0.2, -0.15) is 5.26 Å². The van der Waals surface area contributed by atoms with Crippen LogP contribution in [0.25, 0.3) is 0 Å². The lowest BCUT2D eigenvalue weighted by molar-refractivity contribution is 0.199. The molecule has 3 nitrogen and oxygen atoms in total. The third-order valence-corrected chi connectivity index (χ3v) is 3.56. The second kappa shape index (κ2) is 7.12. The number of hydrogen-bond donors (Lipinski definition) is 1. The number of nitriles is 1. The van der Waals surface area contributed by atoms with Crippen molar-refractivity contribution in [1.29, 1.82) is 5.26 Å². The molecule has 0 radical (unpaired) electrons. The second-order valence-corrected chi connectivity index (χ2v) is 5.19. The second-order valence-electron chi connectivity index (χ2n) is 4.78. The first-order chi connectivity index (χ1) is 10.1. The van der Waals surface area contributed by atoms with Crippen LogP contribution in [0.5, 0.6) is 0 Å². The van der Waals surface area contributed by atoms with Crippen molar-refractivity contribution >= 4 is 23.0 Å². The highest BCUT2D eigenvalue weighted by Crippen LogP contribution is 2.33. The topological polar surface area (TPSA) is 47.3 Å². The Morgan fingerprint density at radius 3 is 2.52 bits per heavy atom. The summed E-state index contributed by atoms with van der Waals surface area (Å²) < 4.78 is 0. The van der Waals surface area contributed by atoms with Crippen molar-refractivity contribution in [2.24, 2.45) is 0 Å². The largest absolute Gasteiger partial charge is 0.389 e. The summed E-state index contributed by atoms with van der Waals surface area (Å²) in [6.45, 7) is 2.27. The van der Waals surface area contributed by atoms with Gasteiger partial charge in [0.1, 0.15) is 0 Å². The molecule has 2 aromatic rings. The molecule has 0 aliphatic carbocycles. The number of benzene rings is 2. The van der Waals surface area contributed by atoms with Gasteiger partial charge in [0.05, 0.1) is 29.3 Å². The maximum Gasteiger partial charge on any atom is 0.0762 e. The fraction of sp³-hybridized carbons (Fsp3) is 0.235. The lowest BCUT2D eigenvalue weighted by atomic mass is 10.1. The summed E-state index contributed by atoms with van der Waals surface area (Å²) >= 11 is 6.36. The first-order valence-electron chi connectivity index (χ1n) is 6.80. The molecule has 1 N–H and O–H groups in total. The van der Waals surface area contributed by atoms with E-state index in [0.29, 0.717) is 18.0 Å². The van der Waals surface area contributed by atoms with Crippen LogP contribution in [-0.2, 0) is 0 Å². The van der Waals surface area contributed by atoms with Crippen LogP contribution in [0.2, 0.25) is 5.02 Å². The van der Waals surface area contributed by atoms with E-state index >= 15 is 0 Å². The van der Waals surface area contributed by atoms with Gasteiger partial charge in [0.15, 0.2) is 0 Å². The molecule has 0 aliphatic heterocycles. The van der Waals surface area contributed by atoms with E-state index in [-0.39, 0.29) is 0 Å². The van der Waals surface area contributed by atoms with Gasteiger partial charge in [-0.05, 0) is 36.8 Å². The monoisotopic (exact) mass is 300 g/mol. The van der Waals surface area contributed by atoms with E-state index in [9.17, 15) is 5.11 Å². The van der Waals surface area contributed by atoms with Gasteiger partial charge < -0.3 is 10.0 Å². The minimum absolute atomic E-state index is 0.406. The minimum atomic E-state index is -0.555. The van der Waals surface area contributed by atoms with Crippen LogP contribution in [0, 0.1) is 11.3 Å². The average molecular weight is 301 g/mol.